The van der Waals surface area contributed by atoms with Crippen LogP contribution in [0.3, 0.4) is 0 Å². The first kappa shape index (κ1) is 88.6. The van der Waals surface area contributed by atoms with Gasteiger partial charge in [0.15, 0.2) is 22.6 Å². The smallest absolute Gasteiger partial charge is 0.232 e. The van der Waals surface area contributed by atoms with E-state index in [1.54, 1.807) is 28.1 Å². The fourth-order valence-electron chi connectivity index (χ4n) is 16.7. The fourth-order valence-corrected chi connectivity index (χ4v) is 21.9. The third-order valence-electron chi connectivity index (χ3n) is 22.9. The molecule has 608 valence electrons. The van der Waals surface area contributed by atoms with Crippen molar-refractivity contribution in [3.8, 4) is 45.0 Å². The van der Waals surface area contributed by atoms with E-state index in [9.17, 15) is 17.6 Å². The zero-order valence-corrected chi connectivity index (χ0v) is 77.4. The minimum absolute atomic E-state index is 0.0454. The minimum Gasteiger partial charge on any atom is -0.232 e. The summed E-state index contributed by atoms with van der Waals surface area (Å²) in [5, 5.41) is 1.10. The molecule has 1 fully saturated rings. The number of nitrogens with zero attached hydrogens (tertiary/aromatic N) is 8. The van der Waals surface area contributed by atoms with Crippen LogP contribution in [0, 0.1) is 116 Å². The van der Waals surface area contributed by atoms with Crippen LogP contribution in [0.4, 0.5) is 17.6 Å². The molecule has 0 bridgehead atoms. The molecule has 114 heavy (non-hydrogen) atoms. The van der Waals surface area contributed by atoms with Crippen molar-refractivity contribution in [3.63, 3.8) is 0 Å². The summed E-state index contributed by atoms with van der Waals surface area (Å²) in [5.74, 6) is 1.05. The van der Waals surface area contributed by atoms with Gasteiger partial charge in [0.25, 0.3) is 25.3 Å². The SMILES string of the molecule is Cc1cc(-c2c3ccc(CC(C)(C)C)cc3nc[n+]2C)c(C)c(C)c1F.Cc1cc(C)c(C)c(-c2c3sc(CC(C)(C)C)c(C(C)C)c3nc[n+]2C)c1.Cc1cc(C)c(C)c(-c2c3sc(CC(C)(C)C)c(C4CCCC4)c3nc[n+]2C)c1.Cc1cc(C)c(C)c(-c2c3sc(CC(C)(C)C)c(CC(C)(C)C(F)(F)F)c3nc[n+]2C)c1. The molecule has 15 heteroatoms. The van der Waals surface area contributed by atoms with Crippen molar-refractivity contribution in [2.24, 2.45) is 55.3 Å². The van der Waals surface area contributed by atoms with Crippen LogP contribution in [0.15, 0.2) is 86.0 Å². The number of aryl methyl sites for hydroxylation is 11. The van der Waals surface area contributed by atoms with Crippen LogP contribution in [0.1, 0.15) is 252 Å². The van der Waals surface area contributed by atoms with Crippen molar-refractivity contribution < 1.29 is 35.8 Å². The van der Waals surface area contributed by atoms with Crippen LogP contribution in [0.25, 0.3) is 86.6 Å². The zero-order chi connectivity index (χ0) is 84.5. The van der Waals surface area contributed by atoms with Crippen molar-refractivity contribution in [1.29, 1.82) is 0 Å². The molecule has 8 nitrogen and oxygen atoms in total. The molecule has 5 aromatic carbocycles. The maximum absolute atomic E-state index is 14.3. The lowest BCUT2D eigenvalue weighted by Crippen LogP contribution is -2.34. The predicted molar refractivity (Wildman–Crippen MR) is 475 cm³/mol. The Bertz CT molecular complexity index is 5610. The third kappa shape index (κ3) is 19.6. The molecule has 7 aromatic heterocycles. The number of alkyl halides is 3. The van der Waals surface area contributed by atoms with E-state index < -0.39 is 11.6 Å². The Kier molecular flexibility index (Phi) is 26.2. The lowest BCUT2D eigenvalue weighted by atomic mass is 9.82. The molecule has 0 aliphatic heterocycles. The summed E-state index contributed by atoms with van der Waals surface area (Å²) in [6.45, 7) is 59.6. The first-order valence-electron chi connectivity index (χ1n) is 41.0. The average Bonchev–Trinajstić information content (AvgIpc) is 1.56. The predicted octanol–water partition coefficient (Wildman–Crippen LogP) is 26.2. The second-order valence-corrected chi connectivity index (χ2v) is 42.6. The molecule has 0 radical (unpaired) electrons. The Hall–Kier alpha value is -7.72. The molecule has 0 amide bonds. The zero-order valence-electron chi connectivity index (χ0n) is 74.9. The highest BCUT2D eigenvalue weighted by Gasteiger charge is 2.49. The van der Waals surface area contributed by atoms with Gasteiger partial charge in [0.05, 0.1) is 39.0 Å². The van der Waals surface area contributed by atoms with Crippen molar-refractivity contribution >= 4 is 75.6 Å². The highest BCUT2D eigenvalue weighted by atomic mass is 32.1. The van der Waals surface area contributed by atoms with E-state index >= 15 is 0 Å². The quantitative estimate of drug-likeness (QED) is 0.0903. The first-order chi connectivity index (χ1) is 52.7. The van der Waals surface area contributed by atoms with Gasteiger partial charge in [-0.3, -0.25) is 0 Å². The van der Waals surface area contributed by atoms with E-state index in [4.69, 9.17) is 9.97 Å². The fraction of sp³-hybridized carbons (Fsp3) is 0.495. The van der Waals surface area contributed by atoms with E-state index in [1.807, 2.05) is 91.7 Å². The summed E-state index contributed by atoms with van der Waals surface area (Å²) >= 11 is 5.57. The van der Waals surface area contributed by atoms with Gasteiger partial charge in [-0.15, -0.1) is 34.0 Å². The molecule has 12 aromatic rings. The molecular formula is C99H130F4N8S3+4. The molecule has 13 rings (SSSR count). The molecule has 0 N–H and O–H groups in total. The van der Waals surface area contributed by atoms with Gasteiger partial charge in [-0.2, -0.15) is 13.2 Å². The lowest BCUT2D eigenvalue weighted by Gasteiger charge is -2.28. The topological polar surface area (TPSA) is 67.1 Å². The van der Waals surface area contributed by atoms with Gasteiger partial charge in [0.1, 0.15) is 25.6 Å². The Labute approximate surface area is 692 Å². The third-order valence-corrected chi connectivity index (χ3v) is 26.5. The molecule has 0 atom stereocenters. The van der Waals surface area contributed by atoms with Crippen LogP contribution < -0.4 is 18.3 Å². The number of hydrogen-bond acceptors (Lipinski definition) is 7. The van der Waals surface area contributed by atoms with Crippen LogP contribution >= 0.6 is 34.0 Å². The van der Waals surface area contributed by atoms with Gasteiger partial charge in [0, 0.05) is 53.6 Å². The molecule has 0 spiro atoms. The number of thiophene rings is 3. The summed E-state index contributed by atoms with van der Waals surface area (Å²) in [4.78, 5) is 23.3. The van der Waals surface area contributed by atoms with Gasteiger partial charge in [-0.1, -0.05) is 165 Å². The largest absolute Gasteiger partial charge is 0.394 e. The number of rotatable bonds is 12. The summed E-state index contributed by atoms with van der Waals surface area (Å²) in [6, 6.07) is 22.1. The molecule has 0 saturated heterocycles. The Morgan fingerprint density at radius 3 is 1.25 bits per heavy atom. The van der Waals surface area contributed by atoms with Gasteiger partial charge in [0.2, 0.25) is 16.6 Å². The number of halogens is 4. The molecule has 1 aliphatic carbocycles. The van der Waals surface area contributed by atoms with Crippen LogP contribution in [-0.4, -0.2) is 26.1 Å². The van der Waals surface area contributed by atoms with Crippen molar-refractivity contribution in [3.05, 3.63) is 195 Å². The maximum Gasteiger partial charge on any atom is 0.394 e. The van der Waals surface area contributed by atoms with E-state index in [0.717, 1.165) is 78.9 Å². The summed E-state index contributed by atoms with van der Waals surface area (Å²) in [6.07, 6.45) is 12.6. The monoisotopic (exact) mass is 1600 g/mol. The lowest BCUT2D eigenvalue weighted by molar-refractivity contribution is -0.662. The van der Waals surface area contributed by atoms with Crippen LogP contribution in [-0.2, 0) is 60.3 Å². The second kappa shape index (κ2) is 33.7. The number of hydrogen-bond donors (Lipinski definition) is 0. The van der Waals surface area contributed by atoms with Crippen molar-refractivity contribution in [2.75, 3.05) is 0 Å². The minimum atomic E-state index is -4.28. The normalized spacial score (nSPS) is 13.3. The van der Waals surface area contributed by atoms with Gasteiger partial charge >= 0.3 is 6.18 Å². The van der Waals surface area contributed by atoms with Gasteiger partial charge < -0.3 is 0 Å². The Morgan fingerprint density at radius 2 is 0.798 bits per heavy atom. The average molecular weight is 1600 g/mol. The number of fused-ring (bicyclic) bond motifs is 4. The van der Waals surface area contributed by atoms with Gasteiger partial charge in [-0.25, -0.2) is 22.7 Å². The molecule has 1 saturated carbocycles. The molecule has 1 aliphatic rings. The van der Waals surface area contributed by atoms with Crippen LogP contribution in [0.2, 0.25) is 0 Å². The van der Waals surface area contributed by atoms with Crippen LogP contribution in [0.5, 0.6) is 0 Å². The summed E-state index contributed by atoms with van der Waals surface area (Å²) in [5.41, 5.74) is 31.8. The van der Waals surface area contributed by atoms with E-state index in [1.165, 1.54) is 143 Å². The molecular weight excluding hydrogens is 1470 g/mol. The first-order valence-corrected chi connectivity index (χ1v) is 43.4. The molecule has 7 heterocycles. The Morgan fingerprint density at radius 1 is 0.412 bits per heavy atom. The summed E-state index contributed by atoms with van der Waals surface area (Å²) < 4.78 is 67.9. The Balaban J connectivity index is 0.000000161. The van der Waals surface area contributed by atoms with Crippen molar-refractivity contribution in [1.82, 2.24) is 19.9 Å². The standard InChI is InChI=1S/C26H34F3N2S.C26H35N2S.C24H33N2S.C23H28FN2/c1-15-10-16(2)17(3)18(11-15)22-23-21(30-14-31(22)9)19(12-25(7,8)26(27,28)29)20(32-23)13-24(4,5)6;1-16-12-17(2)18(3)20(13-16)24-25-23(27-15-28(24)7)22(19-10-8-9-11-19)21(29-25)14-26(4,5)6;1-14(2)20-19(12-24(6,7)8)27-23-21(20)25-13-26(9)22(23)18-11-15(3)10-16(4)17(18)5;1-14-10-19(15(2)16(3)21(14)24)22-18-9-8-17(12-23(4,5)6)11-20(18)25-13-26(22)7/h10-11,14H,12-13H2,1-9H3;12-13,15,19H,8-11,14H2,1-7H3;10-11,13-14H,12H2,1-9H3;8-11,13H,12H2,1-7H3/q4*+1. The second-order valence-electron chi connectivity index (χ2n) is 39.3. The number of aromatic nitrogens is 8. The van der Waals surface area contributed by atoms with Gasteiger partial charge in [-0.05, 0) is 273 Å². The maximum atomic E-state index is 14.3. The van der Waals surface area contributed by atoms with E-state index in [-0.39, 0.29) is 33.9 Å². The van der Waals surface area contributed by atoms with E-state index in [2.05, 4.69) is 247 Å². The highest BCUT2D eigenvalue weighted by Crippen LogP contribution is 2.50. The van der Waals surface area contributed by atoms with E-state index in [0.29, 0.717) is 34.9 Å². The highest BCUT2D eigenvalue weighted by molar-refractivity contribution is 7.20. The molecule has 0 unspecified atom stereocenters. The number of benzene rings is 5. The summed E-state index contributed by atoms with van der Waals surface area (Å²) in [7, 11) is 8.23. The van der Waals surface area contributed by atoms with Crippen molar-refractivity contribution in [2.45, 2.75) is 270 Å².